The number of ether oxygens (including phenoxy) is 1. The summed E-state index contributed by atoms with van der Waals surface area (Å²) in [6, 6.07) is 15.9. The van der Waals surface area contributed by atoms with Crippen molar-refractivity contribution in [2.75, 3.05) is 16.9 Å². The van der Waals surface area contributed by atoms with E-state index in [4.69, 9.17) is 39.5 Å². The van der Waals surface area contributed by atoms with Gasteiger partial charge in [-0.05, 0) is 72.1 Å². The quantitative estimate of drug-likeness (QED) is 0.184. The average molecular weight is 700 g/mol. The maximum absolute atomic E-state index is 13.0. The Hall–Kier alpha value is -3.59. The van der Waals surface area contributed by atoms with Gasteiger partial charge in [-0.25, -0.2) is 0 Å². The lowest BCUT2D eigenvalue weighted by Gasteiger charge is -2.30. The van der Waals surface area contributed by atoms with Crippen LogP contribution in [-0.2, 0) is 20.4 Å². The van der Waals surface area contributed by atoms with Gasteiger partial charge in [-0.3, -0.25) is 14.4 Å². The molecule has 0 atom stereocenters. The molecule has 4 rings (SSSR count). The molecule has 1 heterocycles. The monoisotopic (exact) mass is 698 g/mol. The molecule has 0 aliphatic carbocycles. The van der Waals surface area contributed by atoms with E-state index in [1.807, 2.05) is 0 Å². The Morgan fingerprint density at radius 1 is 0.915 bits per heavy atom. The van der Waals surface area contributed by atoms with Crippen LogP contribution in [0.2, 0.25) is 15.1 Å². The van der Waals surface area contributed by atoms with Crippen molar-refractivity contribution in [1.82, 2.24) is 5.32 Å². The van der Waals surface area contributed by atoms with Crippen molar-refractivity contribution < 1.29 is 19.1 Å². The third-order valence-corrected chi connectivity index (χ3v) is 9.49. The lowest BCUT2D eigenvalue weighted by Crippen LogP contribution is -2.29. The molecule has 1 aliphatic rings. The zero-order chi connectivity index (χ0) is 34.5. The number of nitrogens with one attached hydrogen (secondary N) is 2. The number of rotatable bonds is 12. The zero-order valence-electron chi connectivity index (χ0n) is 27.6. The van der Waals surface area contributed by atoms with Crippen molar-refractivity contribution >= 4 is 69.7 Å². The minimum atomic E-state index is -0.490. The number of halogens is 3. The predicted molar refractivity (Wildman–Crippen MR) is 191 cm³/mol. The Morgan fingerprint density at radius 2 is 1.60 bits per heavy atom. The van der Waals surface area contributed by atoms with Gasteiger partial charge in [0, 0.05) is 28.3 Å². The van der Waals surface area contributed by atoms with Gasteiger partial charge in [0.25, 0.3) is 11.8 Å². The average Bonchev–Trinajstić information content (AvgIpc) is 3.37. The molecule has 47 heavy (non-hydrogen) atoms. The van der Waals surface area contributed by atoms with Gasteiger partial charge in [-0.1, -0.05) is 94.5 Å². The number of hydrogen-bond donors (Lipinski definition) is 2. The SMILES string of the molecule is CCC(C)(C)c1ccc(OCCCC(=O)Nc2cccc(C(=O)NC3=NN(c4c(Cl)cc(Cl)cc4Cl)C(=O)C3)c2)c(C(C)(C)CC)c1. The summed E-state index contributed by atoms with van der Waals surface area (Å²) < 4.78 is 6.21. The summed E-state index contributed by atoms with van der Waals surface area (Å²) in [4.78, 5) is 38.4. The molecule has 8 nitrogen and oxygen atoms in total. The van der Waals surface area contributed by atoms with Gasteiger partial charge < -0.3 is 15.4 Å². The molecule has 0 saturated heterocycles. The van der Waals surface area contributed by atoms with E-state index in [0.29, 0.717) is 23.7 Å². The molecule has 0 bridgehead atoms. The highest BCUT2D eigenvalue weighted by molar-refractivity contribution is 6.42. The number of hydrogen-bond acceptors (Lipinski definition) is 5. The van der Waals surface area contributed by atoms with Gasteiger partial charge in [-0.2, -0.15) is 10.1 Å². The molecular formula is C36H41Cl3N4O4. The summed E-state index contributed by atoms with van der Waals surface area (Å²) in [6.07, 6.45) is 2.61. The summed E-state index contributed by atoms with van der Waals surface area (Å²) in [7, 11) is 0. The first-order valence-electron chi connectivity index (χ1n) is 15.7. The van der Waals surface area contributed by atoms with Crippen molar-refractivity contribution in [2.24, 2.45) is 5.10 Å². The Balaban J connectivity index is 1.33. The summed E-state index contributed by atoms with van der Waals surface area (Å²) in [5, 5.41) is 11.4. The van der Waals surface area contributed by atoms with Crippen LogP contribution in [0.5, 0.6) is 5.75 Å². The molecule has 0 fully saturated rings. The fraction of sp³-hybridized carbons (Fsp3) is 0.389. The minimum absolute atomic E-state index is 0.0543. The molecule has 0 spiro atoms. The second-order valence-electron chi connectivity index (χ2n) is 12.9. The maximum atomic E-state index is 13.0. The smallest absolute Gasteiger partial charge is 0.256 e. The molecule has 0 unspecified atom stereocenters. The fourth-order valence-electron chi connectivity index (χ4n) is 4.99. The standard InChI is InChI=1S/C36H41Cl3N4O4/c1-7-35(3,4)23-14-15-29(26(18-23)36(5,6)8-2)47-16-10-13-31(44)40-25-12-9-11-22(17-25)34(46)41-30-21-32(45)43(42-30)33-27(38)19-24(37)20-28(33)39/h9,11-12,14-15,17-20H,7-8,10,13,16,21H2,1-6H3,(H,40,44)(H,41,42,46). The van der Waals surface area contributed by atoms with E-state index >= 15 is 0 Å². The largest absolute Gasteiger partial charge is 0.493 e. The van der Waals surface area contributed by atoms with E-state index in [2.05, 4.69) is 75.5 Å². The number of anilines is 2. The molecule has 3 aromatic carbocycles. The number of nitrogens with zero attached hydrogens (tertiary/aromatic N) is 2. The van der Waals surface area contributed by atoms with E-state index in [1.54, 1.807) is 24.3 Å². The second kappa shape index (κ2) is 15.1. The summed E-state index contributed by atoms with van der Waals surface area (Å²) in [5.41, 5.74) is 3.41. The highest BCUT2D eigenvalue weighted by atomic mass is 35.5. The first-order chi connectivity index (χ1) is 22.1. The second-order valence-corrected chi connectivity index (χ2v) is 14.1. The number of hydrazone groups is 1. The molecule has 3 amide bonds. The third kappa shape index (κ3) is 8.86. The number of carbonyl (C=O) groups excluding carboxylic acids is 3. The van der Waals surface area contributed by atoms with Crippen molar-refractivity contribution in [3.05, 3.63) is 86.4 Å². The van der Waals surface area contributed by atoms with Crippen LogP contribution in [0.4, 0.5) is 11.4 Å². The van der Waals surface area contributed by atoms with E-state index in [9.17, 15) is 14.4 Å². The van der Waals surface area contributed by atoms with Crippen LogP contribution in [0, 0.1) is 0 Å². The van der Waals surface area contributed by atoms with Crippen molar-refractivity contribution in [1.29, 1.82) is 0 Å². The van der Waals surface area contributed by atoms with Gasteiger partial charge in [0.1, 0.15) is 17.3 Å². The van der Waals surface area contributed by atoms with E-state index in [-0.39, 0.29) is 56.7 Å². The van der Waals surface area contributed by atoms with Gasteiger partial charge in [0.05, 0.1) is 23.1 Å². The fourth-order valence-corrected chi connectivity index (χ4v) is 5.97. The van der Waals surface area contributed by atoms with Crippen molar-refractivity contribution in [2.45, 2.75) is 84.5 Å². The molecular weight excluding hydrogens is 659 g/mol. The Kier molecular flexibility index (Phi) is 11.6. The summed E-state index contributed by atoms with van der Waals surface area (Å²) >= 11 is 18.5. The predicted octanol–water partition coefficient (Wildman–Crippen LogP) is 9.30. The third-order valence-electron chi connectivity index (χ3n) is 8.70. The Morgan fingerprint density at radius 3 is 2.26 bits per heavy atom. The number of carbonyl (C=O) groups is 3. The van der Waals surface area contributed by atoms with Crippen LogP contribution < -0.4 is 20.4 Å². The normalized spacial score (nSPS) is 13.4. The van der Waals surface area contributed by atoms with Crippen molar-refractivity contribution in [3.63, 3.8) is 0 Å². The van der Waals surface area contributed by atoms with Crippen molar-refractivity contribution in [3.8, 4) is 5.75 Å². The first kappa shape index (κ1) is 36.2. The van der Waals surface area contributed by atoms with Crippen LogP contribution in [0.25, 0.3) is 0 Å². The Bertz CT molecular complexity index is 1680. The van der Waals surface area contributed by atoms with Gasteiger partial charge in [0.15, 0.2) is 0 Å². The lowest BCUT2D eigenvalue weighted by molar-refractivity contribution is -0.117. The van der Waals surface area contributed by atoms with Gasteiger partial charge in [0.2, 0.25) is 5.91 Å². The highest BCUT2D eigenvalue weighted by Gasteiger charge is 2.30. The molecule has 0 radical (unpaired) electrons. The number of benzene rings is 3. The van der Waals surface area contributed by atoms with Gasteiger partial charge in [-0.15, -0.1) is 0 Å². The van der Waals surface area contributed by atoms with Crippen LogP contribution in [0.1, 0.15) is 95.1 Å². The Labute approximate surface area is 291 Å². The highest BCUT2D eigenvalue weighted by Crippen LogP contribution is 2.39. The number of amidine groups is 1. The van der Waals surface area contributed by atoms with Crippen LogP contribution >= 0.6 is 34.8 Å². The zero-order valence-corrected chi connectivity index (χ0v) is 29.9. The molecule has 1 aliphatic heterocycles. The van der Waals surface area contributed by atoms with E-state index in [0.717, 1.165) is 23.6 Å². The molecule has 2 N–H and O–H groups in total. The summed E-state index contributed by atoms with van der Waals surface area (Å²) in [6.45, 7) is 13.7. The molecule has 250 valence electrons. The lowest BCUT2D eigenvalue weighted by atomic mass is 9.76. The number of amides is 3. The molecule has 0 saturated carbocycles. The topological polar surface area (TPSA) is 100 Å². The van der Waals surface area contributed by atoms with Gasteiger partial charge >= 0.3 is 0 Å². The first-order valence-corrected chi connectivity index (χ1v) is 16.8. The molecule has 3 aromatic rings. The molecule has 0 aromatic heterocycles. The maximum Gasteiger partial charge on any atom is 0.256 e. The molecule has 11 heteroatoms. The minimum Gasteiger partial charge on any atom is -0.493 e. The van der Waals surface area contributed by atoms with Crippen LogP contribution in [-0.4, -0.2) is 30.2 Å². The summed E-state index contributed by atoms with van der Waals surface area (Å²) in [5.74, 6) is -0.124. The van der Waals surface area contributed by atoms with E-state index < -0.39 is 11.8 Å². The van der Waals surface area contributed by atoms with Crippen LogP contribution in [0.15, 0.2) is 59.7 Å². The van der Waals surface area contributed by atoms with E-state index in [1.165, 1.54) is 23.3 Å². The van der Waals surface area contributed by atoms with Crippen LogP contribution in [0.3, 0.4) is 0 Å².